The number of hydrogen-bond acceptors (Lipinski definition) is 12. The lowest BCUT2D eigenvalue weighted by Crippen LogP contribution is -2.24. The summed E-state index contributed by atoms with van der Waals surface area (Å²) in [6.07, 6.45) is 2.44. The smallest absolute Gasteiger partial charge is 0.143 e. The van der Waals surface area contributed by atoms with Gasteiger partial charge in [-0.1, -0.05) is 69.2 Å². The minimum Gasteiger partial charge on any atom is -0.396 e. The third-order valence-electron chi connectivity index (χ3n) is 6.17. The molecule has 0 spiro atoms. The summed E-state index contributed by atoms with van der Waals surface area (Å²) in [6.45, 7) is 18.8. The molecule has 0 fully saturated rings. The SMILES string of the molecule is C=O.CC(CO)C(=O)C(C)CO.CC(CO)C(=O)C(C)CO.CCC(=O)C(C)CO.CCC(=O)C(C)CO.CCC(=O)CC. The molecule has 0 aliphatic heterocycles. The Morgan fingerprint density at radius 1 is 0.409 bits per heavy atom. The maximum Gasteiger partial charge on any atom is 0.143 e. The average molecular weight is 641 g/mol. The first kappa shape index (κ1) is 54.3. The third kappa shape index (κ3) is 34.3. The maximum absolute atomic E-state index is 11.0. The van der Waals surface area contributed by atoms with Gasteiger partial charge in [0.1, 0.15) is 35.7 Å². The Labute approximate surface area is 265 Å². The molecular formula is C32H64O12. The zero-order chi connectivity index (χ0) is 36.4. The van der Waals surface area contributed by atoms with Crippen molar-refractivity contribution in [3.8, 4) is 0 Å². The Balaban J connectivity index is -0.000000102. The molecule has 6 unspecified atom stereocenters. The highest BCUT2D eigenvalue weighted by Crippen LogP contribution is 2.05. The normalized spacial score (nSPS) is 13.5. The summed E-state index contributed by atoms with van der Waals surface area (Å²) in [5, 5.41) is 51.0. The molecule has 0 rings (SSSR count). The first-order valence-corrected chi connectivity index (χ1v) is 15.1. The molecule has 0 saturated carbocycles. The number of aliphatic hydroxyl groups excluding tert-OH is 6. The lowest BCUT2D eigenvalue weighted by Gasteiger charge is -2.10. The predicted molar refractivity (Wildman–Crippen MR) is 171 cm³/mol. The number of carbonyl (C=O) groups excluding carboxylic acids is 6. The van der Waals surface area contributed by atoms with E-state index in [0.717, 1.165) is 0 Å². The Hall–Kier alpha value is -2.22. The van der Waals surface area contributed by atoms with Gasteiger partial charge in [-0.15, -0.1) is 0 Å². The van der Waals surface area contributed by atoms with E-state index in [1.54, 1.807) is 55.4 Å². The Morgan fingerprint density at radius 3 is 0.659 bits per heavy atom. The Kier molecular flexibility index (Phi) is 47.9. The summed E-state index contributed by atoms with van der Waals surface area (Å²) < 4.78 is 0. The van der Waals surface area contributed by atoms with Crippen LogP contribution in [0.4, 0.5) is 0 Å². The molecule has 0 aliphatic carbocycles. The highest BCUT2D eigenvalue weighted by molar-refractivity contribution is 5.83. The Bertz CT molecular complexity index is 631. The maximum atomic E-state index is 11.0. The van der Waals surface area contributed by atoms with Gasteiger partial charge >= 0.3 is 0 Å². The van der Waals surface area contributed by atoms with Crippen LogP contribution >= 0.6 is 0 Å². The number of aliphatic hydroxyl groups is 6. The molecule has 0 bridgehead atoms. The molecule has 0 heterocycles. The highest BCUT2D eigenvalue weighted by Gasteiger charge is 2.18. The standard InChI is InChI=1S/2C7H14O3.2C6H12O2.C5H10O.CH2O/c2*1-5(3-8)7(10)6(2)4-9;2*1-3-6(8)5(2)4-7;1-3-5(6)4-2;1-2/h2*5-6,8-9H,3-4H2,1-2H3;2*5,7H,3-4H2,1-2H3;3-4H2,1-2H3;1H2. The van der Waals surface area contributed by atoms with Crippen LogP contribution in [0.1, 0.15) is 94.9 Å². The number of hydrogen-bond donors (Lipinski definition) is 6. The molecule has 0 radical (unpaired) electrons. The van der Waals surface area contributed by atoms with E-state index in [1.165, 1.54) is 0 Å². The molecule has 12 heteroatoms. The van der Waals surface area contributed by atoms with Crippen molar-refractivity contribution >= 4 is 35.7 Å². The van der Waals surface area contributed by atoms with E-state index in [9.17, 15) is 24.0 Å². The molecule has 0 aliphatic rings. The molecule has 0 saturated heterocycles. The van der Waals surface area contributed by atoms with Gasteiger partial charge in [0.2, 0.25) is 0 Å². The van der Waals surface area contributed by atoms with E-state index < -0.39 is 0 Å². The van der Waals surface area contributed by atoms with Crippen molar-refractivity contribution < 1.29 is 59.4 Å². The van der Waals surface area contributed by atoms with Crippen molar-refractivity contribution in [1.82, 2.24) is 0 Å². The first-order valence-electron chi connectivity index (χ1n) is 15.1. The summed E-state index contributed by atoms with van der Waals surface area (Å²) in [4.78, 5) is 61.3. The van der Waals surface area contributed by atoms with Crippen LogP contribution in [-0.4, -0.2) is 106 Å². The fourth-order valence-corrected chi connectivity index (χ4v) is 2.48. The van der Waals surface area contributed by atoms with Crippen LogP contribution in [0.3, 0.4) is 0 Å². The van der Waals surface area contributed by atoms with Crippen LogP contribution in [0.25, 0.3) is 0 Å². The van der Waals surface area contributed by atoms with Gasteiger partial charge in [0, 0.05) is 61.2 Å². The Morgan fingerprint density at radius 2 is 0.591 bits per heavy atom. The van der Waals surface area contributed by atoms with Gasteiger partial charge in [-0.2, -0.15) is 0 Å². The zero-order valence-corrected chi connectivity index (χ0v) is 28.9. The van der Waals surface area contributed by atoms with Crippen LogP contribution in [-0.2, 0) is 28.8 Å². The second-order valence-electron chi connectivity index (χ2n) is 10.2. The largest absolute Gasteiger partial charge is 0.396 e. The summed E-state index contributed by atoms with van der Waals surface area (Å²) in [5.41, 5.74) is 0. The van der Waals surface area contributed by atoms with Gasteiger partial charge < -0.3 is 35.4 Å². The van der Waals surface area contributed by atoms with Crippen LogP contribution in [0.2, 0.25) is 0 Å². The average Bonchev–Trinajstić information content (AvgIpc) is 3.09. The van der Waals surface area contributed by atoms with Crippen LogP contribution < -0.4 is 0 Å². The van der Waals surface area contributed by atoms with Crippen molar-refractivity contribution in [3.05, 3.63) is 0 Å². The van der Waals surface area contributed by atoms with Crippen molar-refractivity contribution in [2.45, 2.75) is 94.9 Å². The quantitative estimate of drug-likeness (QED) is 0.142. The molecule has 0 aromatic carbocycles. The van der Waals surface area contributed by atoms with Gasteiger partial charge in [-0.25, -0.2) is 0 Å². The summed E-state index contributed by atoms with van der Waals surface area (Å²) in [7, 11) is 0. The van der Waals surface area contributed by atoms with Gasteiger partial charge in [0.15, 0.2) is 0 Å². The van der Waals surface area contributed by atoms with Crippen molar-refractivity contribution in [1.29, 1.82) is 0 Å². The fraction of sp³-hybridized carbons (Fsp3) is 0.812. The molecule has 264 valence electrons. The lowest BCUT2D eigenvalue weighted by atomic mass is 9.97. The first-order chi connectivity index (χ1) is 20.5. The lowest BCUT2D eigenvalue weighted by molar-refractivity contribution is -0.128. The number of ketones is 5. The highest BCUT2D eigenvalue weighted by atomic mass is 16.3. The van der Waals surface area contributed by atoms with Gasteiger partial charge in [-0.05, 0) is 0 Å². The van der Waals surface area contributed by atoms with Crippen molar-refractivity contribution in [2.24, 2.45) is 35.5 Å². The molecule has 6 atom stereocenters. The number of rotatable bonds is 16. The van der Waals surface area contributed by atoms with Gasteiger partial charge in [-0.3, -0.25) is 24.0 Å². The van der Waals surface area contributed by atoms with Crippen LogP contribution in [0.15, 0.2) is 0 Å². The zero-order valence-electron chi connectivity index (χ0n) is 28.9. The minimum absolute atomic E-state index is 0.0212. The van der Waals surface area contributed by atoms with E-state index in [0.29, 0.717) is 31.5 Å². The molecule has 6 N–H and O–H groups in total. The van der Waals surface area contributed by atoms with E-state index >= 15 is 0 Å². The van der Waals surface area contributed by atoms with Crippen molar-refractivity contribution in [3.63, 3.8) is 0 Å². The van der Waals surface area contributed by atoms with E-state index in [4.69, 9.17) is 35.4 Å². The topological polar surface area (TPSA) is 224 Å². The molecule has 0 amide bonds. The van der Waals surface area contributed by atoms with E-state index in [1.807, 2.05) is 20.6 Å². The van der Waals surface area contributed by atoms with Gasteiger partial charge in [0.05, 0.1) is 39.6 Å². The molecule has 12 nitrogen and oxygen atoms in total. The molecule has 0 aromatic rings. The monoisotopic (exact) mass is 640 g/mol. The number of carbonyl (C=O) groups is 6. The fourth-order valence-electron chi connectivity index (χ4n) is 2.48. The second kappa shape index (κ2) is 38.8. The van der Waals surface area contributed by atoms with Crippen LogP contribution in [0, 0.1) is 35.5 Å². The number of Topliss-reactive ketones (excluding diaryl/α,β-unsaturated/α-hetero) is 5. The summed E-state index contributed by atoms with van der Waals surface area (Å²) in [5.74, 6) is -1.27. The van der Waals surface area contributed by atoms with Gasteiger partial charge in [0.25, 0.3) is 0 Å². The molecule has 0 aromatic heterocycles. The van der Waals surface area contributed by atoms with Crippen molar-refractivity contribution in [2.75, 3.05) is 39.6 Å². The third-order valence-corrected chi connectivity index (χ3v) is 6.17. The molecular weight excluding hydrogens is 576 g/mol. The summed E-state index contributed by atoms with van der Waals surface area (Å²) in [6, 6.07) is 0. The molecule has 44 heavy (non-hydrogen) atoms. The summed E-state index contributed by atoms with van der Waals surface area (Å²) >= 11 is 0. The minimum atomic E-state index is -0.345. The van der Waals surface area contributed by atoms with Crippen LogP contribution in [0.5, 0.6) is 0 Å². The van der Waals surface area contributed by atoms with E-state index in [2.05, 4.69) is 0 Å². The van der Waals surface area contributed by atoms with E-state index in [-0.39, 0.29) is 98.3 Å². The predicted octanol–water partition coefficient (Wildman–Crippen LogP) is 2.00. The second-order valence-corrected chi connectivity index (χ2v) is 10.2.